The molecule has 3 heteroatoms. The van der Waals surface area contributed by atoms with Crippen molar-refractivity contribution in [2.45, 2.75) is 20.0 Å². The van der Waals surface area contributed by atoms with Crippen LogP contribution in [0.3, 0.4) is 0 Å². The predicted octanol–water partition coefficient (Wildman–Crippen LogP) is 3.21. The molecule has 0 aliphatic heterocycles. The van der Waals surface area contributed by atoms with E-state index < -0.39 is 6.10 Å². The van der Waals surface area contributed by atoms with Crippen molar-refractivity contribution in [1.29, 1.82) is 0 Å². The summed E-state index contributed by atoms with van der Waals surface area (Å²) in [4.78, 5) is 6.34. The van der Waals surface area contributed by atoms with Gasteiger partial charge < -0.3 is 10.0 Å². The molecule has 94 valence electrons. The number of anilines is 2. The van der Waals surface area contributed by atoms with E-state index >= 15 is 0 Å². The lowest BCUT2D eigenvalue weighted by Gasteiger charge is -2.19. The number of rotatable bonds is 3. The van der Waals surface area contributed by atoms with E-state index in [9.17, 15) is 5.11 Å². The van der Waals surface area contributed by atoms with E-state index in [4.69, 9.17) is 0 Å². The first-order valence-electron chi connectivity index (χ1n) is 6.02. The van der Waals surface area contributed by atoms with Gasteiger partial charge in [0.05, 0.1) is 6.10 Å². The summed E-state index contributed by atoms with van der Waals surface area (Å²) < 4.78 is 0. The number of nitrogens with zero attached hydrogens (tertiary/aromatic N) is 2. The number of benzene rings is 1. The van der Waals surface area contributed by atoms with E-state index in [0.717, 1.165) is 17.1 Å². The Kier molecular flexibility index (Phi) is 3.63. The quantitative estimate of drug-likeness (QED) is 0.897. The summed E-state index contributed by atoms with van der Waals surface area (Å²) in [6, 6.07) is 12.0. The molecule has 0 bridgehead atoms. The number of hydrogen-bond acceptors (Lipinski definition) is 3. The first kappa shape index (κ1) is 12.6. The second-order valence-electron chi connectivity index (χ2n) is 4.52. The van der Waals surface area contributed by atoms with Crippen LogP contribution in [0.4, 0.5) is 11.5 Å². The van der Waals surface area contributed by atoms with E-state index in [0.29, 0.717) is 0 Å². The molecule has 2 aromatic rings. The standard InChI is InChI=1S/C15H18N2O/c1-11-4-6-14(7-5-11)17(3)15-10-13(12(2)18)8-9-16-15/h4-10,12,18H,1-3H3. The van der Waals surface area contributed by atoms with E-state index in [-0.39, 0.29) is 0 Å². The predicted molar refractivity (Wildman–Crippen MR) is 74.1 cm³/mol. The average Bonchev–Trinajstić information content (AvgIpc) is 2.39. The van der Waals surface area contributed by atoms with E-state index in [1.807, 2.05) is 24.1 Å². The largest absolute Gasteiger partial charge is 0.389 e. The Bertz CT molecular complexity index is 520. The maximum Gasteiger partial charge on any atom is 0.133 e. The molecule has 1 aromatic carbocycles. The van der Waals surface area contributed by atoms with Gasteiger partial charge in [-0.25, -0.2) is 4.98 Å². The van der Waals surface area contributed by atoms with Crippen LogP contribution < -0.4 is 4.90 Å². The van der Waals surface area contributed by atoms with Crippen molar-refractivity contribution in [1.82, 2.24) is 4.98 Å². The van der Waals surface area contributed by atoms with Crippen LogP contribution in [-0.2, 0) is 0 Å². The minimum Gasteiger partial charge on any atom is -0.389 e. The fourth-order valence-corrected chi connectivity index (χ4v) is 1.78. The minimum absolute atomic E-state index is 0.474. The molecule has 0 saturated heterocycles. The molecule has 0 aliphatic carbocycles. The monoisotopic (exact) mass is 242 g/mol. The summed E-state index contributed by atoms with van der Waals surface area (Å²) in [6.07, 6.45) is 1.25. The van der Waals surface area contributed by atoms with Crippen molar-refractivity contribution in [2.75, 3.05) is 11.9 Å². The first-order chi connectivity index (χ1) is 8.58. The van der Waals surface area contributed by atoms with Crippen LogP contribution in [0.25, 0.3) is 0 Å². The number of hydrogen-bond donors (Lipinski definition) is 1. The van der Waals surface area contributed by atoms with Gasteiger partial charge >= 0.3 is 0 Å². The van der Waals surface area contributed by atoms with Crippen LogP contribution in [0.15, 0.2) is 42.6 Å². The van der Waals surface area contributed by atoms with Gasteiger partial charge in [0.25, 0.3) is 0 Å². The topological polar surface area (TPSA) is 36.4 Å². The van der Waals surface area contributed by atoms with Crippen LogP contribution in [0.5, 0.6) is 0 Å². The van der Waals surface area contributed by atoms with Crippen LogP contribution >= 0.6 is 0 Å². The summed E-state index contributed by atoms with van der Waals surface area (Å²) in [5.74, 6) is 0.831. The van der Waals surface area contributed by atoms with Crippen LogP contribution in [0.1, 0.15) is 24.2 Å². The van der Waals surface area contributed by atoms with Gasteiger partial charge in [0, 0.05) is 18.9 Å². The Morgan fingerprint density at radius 1 is 1.17 bits per heavy atom. The summed E-state index contributed by atoms with van der Waals surface area (Å²) in [6.45, 7) is 3.82. The summed E-state index contributed by atoms with van der Waals surface area (Å²) >= 11 is 0. The molecule has 1 atom stereocenters. The van der Waals surface area contributed by atoms with Gasteiger partial charge in [0.1, 0.15) is 5.82 Å². The van der Waals surface area contributed by atoms with Gasteiger partial charge in [-0.15, -0.1) is 0 Å². The third kappa shape index (κ3) is 2.68. The van der Waals surface area contributed by atoms with Gasteiger partial charge in [-0.1, -0.05) is 17.7 Å². The van der Waals surface area contributed by atoms with Gasteiger partial charge in [-0.2, -0.15) is 0 Å². The highest BCUT2D eigenvalue weighted by molar-refractivity contribution is 5.59. The van der Waals surface area contributed by atoms with Crippen molar-refractivity contribution in [2.24, 2.45) is 0 Å². The highest BCUT2D eigenvalue weighted by atomic mass is 16.3. The van der Waals surface area contributed by atoms with Crippen molar-refractivity contribution in [3.63, 3.8) is 0 Å². The zero-order valence-corrected chi connectivity index (χ0v) is 11.0. The van der Waals surface area contributed by atoms with Crippen molar-refractivity contribution >= 4 is 11.5 Å². The molecule has 0 amide bonds. The molecule has 2 rings (SSSR count). The molecule has 1 aromatic heterocycles. The third-order valence-electron chi connectivity index (χ3n) is 3.02. The molecule has 0 fully saturated rings. The fourth-order valence-electron chi connectivity index (χ4n) is 1.78. The van der Waals surface area contributed by atoms with Crippen LogP contribution in [-0.4, -0.2) is 17.1 Å². The maximum absolute atomic E-state index is 9.59. The molecule has 1 N–H and O–H groups in total. The molecule has 0 spiro atoms. The molecule has 18 heavy (non-hydrogen) atoms. The summed E-state index contributed by atoms with van der Waals surface area (Å²) in [5, 5.41) is 9.59. The molecule has 3 nitrogen and oxygen atoms in total. The molecule has 0 saturated carbocycles. The van der Waals surface area contributed by atoms with Gasteiger partial charge in [0.15, 0.2) is 0 Å². The second-order valence-corrected chi connectivity index (χ2v) is 4.52. The second kappa shape index (κ2) is 5.19. The van der Waals surface area contributed by atoms with Crippen LogP contribution in [0, 0.1) is 6.92 Å². The zero-order valence-electron chi connectivity index (χ0n) is 11.0. The highest BCUT2D eigenvalue weighted by Crippen LogP contribution is 2.24. The molecule has 0 aliphatic rings. The Morgan fingerprint density at radius 3 is 2.44 bits per heavy atom. The van der Waals surface area contributed by atoms with Gasteiger partial charge in [-0.05, 0) is 43.7 Å². The number of aliphatic hydroxyl groups excluding tert-OH is 1. The van der Waals surface area contributed by atoms with Gasteiger partial charge in [-0.3, -0.25) is 0 Å². The normalized spacial score (nSPS) is 12.2. The molecule has 0 radical (unpaired) electrons. The average molecular weight is 242 g/mol. The molecule has 1 unspecified atom stereocenters. The number of aromatic nitrogens is 1. The SMILES string of the molecule is Cc1ccc(N(C)c2cc(C(C)O)ccn2)cc1. The van der Waals surface area contributed by atoms with E-state index in [1.54, 1.807) is 13.1 Å². The smallest absolute Gasteiger partial charge is 0.133 e. The Hall–Kier alpha value is -1.87. The highest BCUT2D eigenvalue weighted by Gasteiger charge is 2.08. The number of pyridine rings is 1. The molecule has 1 heterocycles. The van der Waals surface area contributed by atoms with Crippen LogP contribution in [0.2, 0.25) is 0 Å². The van der Waals surface area contributed by atoms with Crippen molar-refractivity contribution < 1.29 is 5.11 Å². The first-order valence-corrected chi connectivity index (χ1v) is 6.02. The maximum atomic E-state index is 9.59. The Labute approximate surface area is 108 Å². The third-order valence-corrected chi connectivity index (χ3v) is 3.02. The minimum atomic E-state index is -0.474. The fraction of sp³-hybridized carbons (Fsp3) is 0.267. The lowest BCUT2D eigenvalue weighted by atomic mass is 10.1. The summed E-state index contributed by atoms with van der Waals surface area (Å²) in [7, 11) is 1.97. The van der Waals surface area contributed by atoms with Gasteiger partial charge in [0.2, 0.25) is 0 Å². The van der Waals surface area contributed by atoms with Crippen molar-refractivity contribution in [3.05, 3.63) is 53.7 Å². The number of aliphatic hydroxyl groups is 1. The van der Waals surface area contributed by atoms with E-state index in [2.05, 4.69) is 36.2 Å². The molecular weight excluding hydrogens is 224 g/mol. The lowest BCUT2D eigenvalue weighted by Crippen LogP contribution is -2.11. The zero-order chi connectivity index (χ0) is 13.1. The Morgan fingerprint density at radius 2 is 1.83 bits per heavy atom. The Balaban J connectivity index is 2.30. The number of aryl methyl sites for hydroxylation is 1. The summed E-state index contributed by atoms with van der Waals surface area (Å²) in [5.41, 5.74) is 3.19. The van der Waals surface area contributed by atoms with E-state index in [1.165, 1.54) is 5.56 Å². The van der Waals surface area contributed by atoms with Crippen molar-refractivity contribution in [3.8, 4) is 0 Å². The molecular formula is C15H18N2O. The lowest BCUT2D eigenvalue weighted by molar-refractivity contribution is 0.199.